The first kappa shape index (κ1) is 12.9. The normalized spacial score (nSPS) is 38.1. The first-order valence-electron chi connectivity index (χ1n) is 6.02. The molecule has 18 heavy (non-hydrogen) atoms. The van der Waals surface area contributed by atoms with Gasteiger partial charge in [-0.2, -0.15) is 0 Å². The zero-order valence-corrected chi connectivity index (χ0v) is 10.8. The van der Waals surface area contributed by atoms with Crippen molar-refractivity contribution in [1.29, 1.82) is 0 Å². The highest BCUT2D eigenvalue weighted by Crippen LogP contribution is 2.50. The zero-order chi connectivity index (χ0) is 13.6. The van der Waals surface area contributed by atoms with Gasteiger partial charge in [-0.15, -0.1) is 0 Å². The van der Waals surface area contributed by atoms with E-state index >= 15 is 0 Å². The summed E-state index contributed by atoms with van der Waals surface area (Å²) in [7, 11) is 1.32. The lowest BCUT2D eigenvalue weighted by molar-refractivity contribution is -0.141. The predicted molar refractivity (Wildman–Crippen MR) is 62.2 cm³/mol. The van der Waals surface area contributed by atoms with Gasteiger partial charge in [-0.1, -0.05) is 6.92 Å². The van der Waals surface area contributed by atoms with Gasteiger partial charge in [-0.3, -0.25) is 14.4 Å². The van der Waals surface area contributed by atoms with E-state index in [9.17, 15) is 14.4 Å². The molecule has 0 aliphatic carbocycles. The molecule has 2 rings (SSSR count). The lowest BCUT2D eigenvalue weighted by Crippen LogP contribution is -2.54. The van der Waals surface area contributed by atoms with Crippen molar-refractivity contribution in [2.75, 3.05) is 7.11 Å². The van der Waals surface area contributed by atoms with E-state index in [1.54, 1.807) is 0 Å². The average molecular weight is 254 g/mol. The maximum absolute atomic E-state index is 12.0. The van der Waals surface area contributed by atoms with Crippen molar-refractivity contribution in [3.05, 3.63) is 0 Å². The Hall–Kier alpha value is -1.59. The highest BCUT2D eigenvalue weighted by Gasteiger charge is 2.63. The monoisotopic (exact) mass is 254 g/mol. The molecule has 0 spiro atoms. The molecule has 0 saturated carbocycles. The maximum atomic E-state index is 12.0. The molecule has 2 heterocycles. The number of carbonyl (C=O) groups is 3. The van der Waals surface area contributed by atoms with E-state index in [1.807, 2.05) is 13.8 Å². The second kappa shape index (κ2) is 3.96. The van der Waals surface area contributed by atoms with E-state index in [4.69, 9.17) is 0 Å². The second-order valence-electron chi connectivity index (χ2n) is 5.42. The van der Waals surface area contributed by atoms with Gasteiger partial charge in [0.25, 0.3) is 0 Å². The van der Waals surface area contributed by atoms with Crippen molar-refractivity contribution in [2.45, 2.75) is 38.8 Å². The van der Waals surface area contributed by atoms with Gasteiger partial charge in [0.1, 0.15) is 5.66 Å². The van der Waals surface area contributed by atoms with E-state index in [-0.39, 0.29) is 30.1 Å². The summed E-state index contributed by atoms with van der Waals surface area (Å²) in [5.74, 6) is -0.857. The van der Waals surface area contributed by atoms with Crippen LogP contribution in [0.4, 0.5) is 0 Å². The van der Waals surface area contributed by atoms with Crippen molar-refractivity contribution >= 4 is 17.8 Å². The molecule has 2 aliphatic rings. The fourth-order valence-electron chi connectivity index (χ4n) is 3.06. The van der Waals surface area contributed by atoms with Crippen molar-refractivity contribution in [3.8, 4) is 0 Å². The summed E-state index contributed by atoms with van der Waals surface area (Å²) < 4.78 is 4.58. The Morgan fingerprint density at radius 1 is 1.39 bits per heavy atom. The Morgan fingerprint density at radius 2 is 2.06 bits per heavy atom. The molecule has 2 fully saturated rings. The van der Waals surface area contributed by atoms with Gasteiger partial charge in [0.2, 0.25) is 11.8 Å². The number of methoxy groups -OCH3 is 1. The van der Waals surface area contributed by atoms with Crippen LogP contribution < -0.4 is 10.6 Å². The van der Waals surface area contributed by atoms with E-state index in [1.165, 1.54) is 7.11 Å². The van der Waals surface area contributed by atoms with Crippen LogP contribution in [-0.2, 0) is 19.1 Å². The molecule has 6 nitrogen and oxygen atoms in total. The summed E-state index contributed by atoms with van der Waals surface area (Å²) in [5.41, 5.74) is -1.20. The van der Waals surface area contributed by atoms with Crippen LogP contribution in [0.5, 0.6) is 0 Å². The first-order chi connectivity index (χ1) is 8.32. The van der Waals surface area contributed by atoms with Gasteiger partial charge in [0.15, 0.2) is 0 Å². The molecular weight excluding hydrogens is 236 g/mol. The maximum Gasteiger partial charge on any atom is 0.305 e. The van der Waals surface area contributed by atoms with Crippen LogP contribution in [0.25, 0.3) is 0 Å². The number of carbonyl (C=O) groups excluding carboxylic acids is 3. The Kier molecular flexibility index (Phi) is 2.83. The highest BCUT2D eigenvalue weighted by molar-refractivity contribution is 5.91. The summed E-state index contributed by atoms with van der Waals surface area (Å²) in [6.45, 7) is 3.72. The molecule has 100 valence electrons. The zero-order valence-electron chi connectivity index (χ0n) is 10.8. The van der Waals surface area contributed by atoms with Gasteiger partial charge in [-0.05, 0) is 13.3 Å². The van der Waals surface area contributed by atoms with Crippen LogP contribution in [0, 0.1) is 11.3 Å². The Morgan fingerprint density at radius 3 is 2.67 bits per heavy atom. The van der Waals surface area contributed by atoms with E-state index in [2.05, 4.69) is 15.4 Å². The molecule has 6 heteroatoms. The van der Waals surface area contributed by atoms with E-state index in [0.717, 1.165) is 0 Å². The van der Waals surface area contributed by atoms with Gasteiger partial charge in [-0.25, -0.2) is 0 Å². The largest absolute Gasteiger partial charge is 0.469 e. The van der Waals surface area contributed by atoms with Gasteiger partial charge < -0.3 is 15.4 Å². The summed E-state index contributed by atoms with van der Waals surface area (Å²) >= 11 is 0. The fraction of sp³-hybridized carbons (Fsp3) is 0.750. The van der Waals surface area contributed by atoms with E-state index < -0.39 is 11.1 Å². The van der Waals surface area contributed by atoms with Crippen LogP contribution in [0.2, 0.25) is 0 Å². The third kappa shape index (κ3) is 1.67. The third-order valence-electron chi connectivity index (χ3n) is 4.38. The summed E-state index contributed by atoms with van der Waals surface area (Å²) in [6, 6.07) is 0. The smallest absolute Gasteiger partial charge is 0.305 e. The highest BCUT2D eigenvalue weighted by atomic mass is 16.5. The van der Waals surface area contributed by atoms with Crippen LogP contribution in [0.1, 0.15) is 33.1 Å². The quantitative estimate of drug-likeness (QED) is 0.690. The minimum absolute atomic E-state index is 0.0666. The molecule has 2 saturated heterocycles. The minimum atomic E-state index is -0.706. The molecule has 0 bridgehead atoms. The number of rotatable bonds is 3. The molecule has 2 aliphatic heterocycles. The Balaban J connectivity index is 2.17. The van der Waals surface area contributed by atoms with Crippen molar-refractivity contribution in [1.82, 2.24) is 10.6 Å². The number of esters is 1. The number of amides is 2. The van der Waals surface area contributed by atoms with Crippen LogP contribution in [0.15, 0.2) is 0 Å². The summed E-state index contributed by atoms with van der Waals surface area (Å²) in [6.07, 6.45) is 0.891. The summed E-state index contributed by atoms with van der Waals surface area (Å²) in [4.78, 5) is 34.7. The average Bonchev–Trinajstić information content (AvgIpc) is 2.57. The number of nitrogens with one attached hydrogen (secondary N) is 2. The topological polar surface area (TPSA) is 84.5 Å². The fourth-order valence-corrected chi connectivity index (χ4v) is 3.06. The molecule has 2 amide bonds. The summed E-state index contributed by atoms with van der Waals surface area (Å²) in [5, 5.41) is 5.64. The van der Waals surface area contributed by atoms with Crippen molar-refractivity contribution < 1.29 is 19.1 Å². The van der Waals surface area contributed by atoms with Crippen LogP contribution >= 0.6 is 0 Å². The molecular formula is C12H18N2O4. The SMILES string of the molecule is COC(=O)CCC1C(=O)NC2(C)NC(=O)CC12C. The minimum Gasteiger partial charge on any atom is -0.469 e. The van der Waals surface area contributed by atoms with E-state index in [0.29, 0.717) is 12.8 Å². The number of ether oxygens (including phenoxy) is 1. The molecule has 0 aromatic rings. The second-order valence-corrected chi connectivity index (χ2v) is 5.42. The first-order valence-corrected chi connectivity index (χ1v) is 6.02. The molecule has 3 unspecified atom stereocenters. The lowest BCUT2D eigenvalue weighted by atomic mass is 9.70. The number of hydrogen-bond donors (Lipinski definition) is 2. The molecule has 0 radical (unpaired) electrons. The van der Waals surface area contributed by atoms with Crippen LogP contribution in [-0.4, -0.2) is 30.6 Å². The van der Waals surface area contributed by atoms with Gasteiger partial charge in [0, 0.05) is 24.2 Å². The Bertz CT molecular complexity index is 422. The van der Waals surface area contributed by atoms with Gasteiger partial charge in [0.05, 0.1) is 7.11 Å². The predicted octanol–water partition coefficient (Wildman–Crippen LogP) is -0.0720. The standard InChI is InChI=1S/C12H18N2O4/c1-11-6-8(15)13-12(11,2)14-10(17)7(11)4-5-9(16)18-3/h7H,4-6H2,1-3H3,(H,13,15)(H,14,17). The lowest BCUT2D eigenvalue weighted by Gasteiger charge is -2.34. The number of fused-ring (bicyclic) bond motifs is 1. The van der Waals surface area contributed by atoms with Crippen LogP contribution in [0.3, 0.4) is 0 Å². The Labute approximate surface area is 105 Å². The molecule has 0 aromatic heterocycles. The number of hydrogen-bond acceptors (Lipinski definition) is 4. The molecule has 0 aromatic carbocycles. The molecule has 2 N–H and O–H groups in total. The van der Waals surface area contributed by atoms with Crippen molar-refractivity contribution in [3.63, 3.8) is 0 Å². The van der Waals surface area contributed by atoms with Gasteiger partial charge >= 0.3 is 5.97 Å². The van der Waals surface area contributed by atoms with Crippen molar-refractivity contribution in [2.24, 2.45) is 11.3 Å². The molecule has 3 atom stereocenters. The third-order valence-corrected chi connectivity index (χ3v) is 4.38.